The van der Waals surface area contributed by atoms with Crippen LogP contribution in [0, 0.1) is 6.92 Å². The Morgan fingerprint density at radius 1 is 0.565 bits per heavy atom. The fourth-order valence-corrected chi connectivity index (χ4v) is 2.91. The van der Waals surface area contributed by atoms with Crippen molar-refractivity contribution >= 4 is 0 Å². The topological polar surface area (TPSA) is 0 Å². The fourth-order valence-electron chi connectivity index (χ4n) is 2.91. The molecule has 3 aromatic carbocycles. The van der Waals surface area contributed by atoms with E-state index in [1.54, 1.807) is 0 Å². The highest BCUT2D eigenvalue weighted by molar-refractivity contribution is 5.64. The molecule has 0 bridgehead atoms. The summed E-state index contributed by atoms with van der Waals surface area (Å²) in [4.78, 5) is 0. The van der Waals surface area contributed by atoms with Crippen LogP contribution in [0.15, 0.2) is 72.8 Å². The van der Waals surface area contributed by atoms with E-state index in [2.05, 4.69) is 86.6 Å². The molecule has 0 spiro atoms. The van der Waals surface area contributed by atoms with E-state index in [0.717, 1.165) is 12.8 Å². The van der Waals surface area contributed by atoms with Crippen LogP contribution in [0.1, 0.15) is 35.6 Å². The molecule has 0 radical (unpaired) electrons. The Bertz CT molecular complexity index is 732. The molecule has 0 N–H and O–H groups in total. The second-order valence-electron chi connectivity index (χ2n) is 6.31. The molecular weight excluding hydrogens is 276 g/mol. The molecule has 23 heavy (non-hydrogen) atoms. The first-order valence-electron chi connectivity index (χ1n) is 8.48. The Morgan fingerprint density at radius 3 is 1.48 bits per heavy atom. The van der Waals surface area contributed by atoms with Crippen LogP contribution < -0.4 is 0 Å². The van der Waals surface area contributed by atoms with Gasteiger partial charge in [-0.15, -0.1) is 0 Å². The van der Waals surface area contributed by atoms with Crippen molar-refractivity contribution in [2.75, 3.05) is 0 Å². The first-order chi connectivity index (χ1) is 11.2. The zero-order valence-electron chi connectivity index (χ0n) is 14.0. The summed E-state index contributed by atoms with van der Waals surface area (Å²) in [7, 11) is 0. The molecule has 0 fully saturated rings. The fraction of sp³-hybridized carbons (Fsp3) is 0.217. The molecule has 0 saturated heterocycles. The van der Waals surface area contributed by atoms with Gasteiger partial charge in [0, 0.05) is 0 Å². The lowest BCUT2D eigenvalue weighted by Gasteiger charge is -2.06. The van der Waals surface area contributed by atoms with Gasteiger partial charge in [0.1, 0.15) is 0 Å². The minimum Gasteiger partial charge on any atom is -0.0651 e. The molecule has 0 unspecified atom stereocenters. The molecule has 0 aliphatic heterocycles. The Kier molecular flexibility index (Phi) is 4.92. The van der Waals surface area contributed by atoms with E-state index >= 15 is 0 Å². The molecule has 0 saturated carbocycles. The van der Waals surface area contributed by atoms with E-state index in [-0.39, 0.29) is 0 Å². The van der Waals surface area contributed by atoms with Crippen molar-refractivity contribution in [1.29, 1.82) is 0 Å². The van der Waals surface area contributed by atoms with E-state index < -0.39 is 0 Å². The van der Waals surface area contributed by atoms with Gasteiger partial charge >= 0.3 is 0 Å². The molecule has 0 atom stereocenters. The SMILES string of the molecule is CCCc1ccc(-c2ccc(Cc3ccc(C)cc3)cc2)cc1. The summed E-state index contributed by atoms with van der Waals surface area (Å²) in [5.41, 5.74) is 8.06. The van der Waals surface area contributed by atoms with Crippen molar-refractivity contribution in [3.8, 4) is 11.1 Å². The number of rotatable bonds is 5. The number of aryl methyl sites for hydroxylation is 2. The number of hydrogen-bond acceptors (Lipinski definition) is 0. The Labute approximate surface area is 139 Å². The standard InChI is InChI=1S/C23H24/c1-3-4-19-9-13-22(14-10-19)23-15-11-21(12-16-23)17-20-7-5-18(2)6-8-20/h5-16H,3-4,17H2,1-2H3. The molecule has 0 heterocycles. The first-order valence-corrected chi connectivity index (χ1v) is 8.48. The van der Waals surface area contributed by atoms with E-state index in [4.69, 9.17) is 0 Å². The van der Waals surface area contributed by atoms with Gasteiger partial charge in [0.05, 0.1) is 0 Å². The van der Waals surface area contributed by atoms with E-state index in [9.17, 15) is 0 Å². The van der Waals surface area contributed by atoms with E-state index in [0.29, 0.717) is 0 Å². The second-order valence-corrected chi connectivity index (χ2v) is 6.31. The summed E-state index contributed by atoms with van der Waals surface area (Å²) in [6.45, 7) is 4.35. The van der Waals surface area contributed by atoms with Gasteiger partial charge < -0.3 is 0 Å². The highest BCUT2D eigenvalue weighted by Gasteiger charge is 2.00. The molecule has 3 rings (SSSR count). The maximum absolute atomic E-state index is 2.25. The molecule has 116 valence electrons. The lowest BCUT2D eigenvalue weighted by Crippen LogP contribution is -1.89. The highest BCUT2D eigenvalue weighted by atomic mass is 14.1. The van der Waals surface area contributed by atoms with E-state index in [1.807, 2.05) is 0 Å². The van der Waals surface area contributed by atoms with Crippen LogP contribution in [-0.2, 0) is 12.8 Å². The van der Waals surface area contributed by atoms with Crippen LogP contribution in [0.4, 0.5) is 0 Å². The minimum absolute atomic E-state index is 0.996. The summed E-state index contributed by atoms with van der Waals surface area (Å²) < 4.78 is 0. The van der Waals surface area contributed by atoms with Gasteiger partial charge in [0.25, 0.3) is 0 Å². The molecule has 0 heteroatoms. The Hall–Kier alpha value is -2.34. The smallest absolute Gasteiger partial charge is 0.00258 e. The summed E-state index contributed by atoms with van der Waals surface area (Å²) in [6, 6.07) is 26.7. The molecule has 0 aromatic heterocycles. The average Bonchev–Trinajstić information content (AvgIpc) is 2.59. The number of benzene rings is 3. The lowest BCUT2D eigenvalue weighted by atomic mass is 9.99. The number of hydrogen-bond donors (Lipinski definition) is 0. The third kappa shape index (κ3) is 4.10. The lowest BCUT2D eigenvalue weighted by molar-refractivity contribution is 0.922. The van der Waals surface area contributed by atoms with Crippen molar-refractivity contribution in [3.05, 3.63) is 95.1 Å². The van der Waals surface area contributed by atoms with Crippen molar-refractivity contribution in [1.82, 2.24) is 0 Å². The molecule has 0 aliphatic rings. The van der Waals surface area contributed by atoms with Crippen LogP contribution in [-0.4, -0.2) is 0 Å². The van der Waals surface area contributed by atoms with Gasteiger partial charge in [-0.2, -0.15) is 0 Å². The van der Waals surface area contributed by atoms with Crippen LogP contribution in [0.5, 0.6) is 0 Å². The quantitative estimate of drug-likeness (QED) is 0.526. The maximum atomic E-state index is 2.25. The van der Waals surface area contributed by atoms with Gasteiger partial charge in [-0.1, -0.05) is 91.7 Å². The predicted molar refractivity (Wildman–Crippen MR) is 99.9 cm³/mol. The zero-order valence-corrected chi connectivity index (χ0v) is 14.0. The van der Waals surface area contributed by atoms with Gasteiger partial charge in [-0.05, 0) is 47.6 Å². The summed E-state index contributed by atoms with van der Waals surface area (Å²) >= 11 is 0. The van der Waals surface area contributed by atoms with Crippen LogP contribution in [0.25, 0.3) is 11.1 Å². The van der Waals surface area contributed by atoms with Crippen molar-refractivity contribution in [3.63, 3.8) is 0 Å². The van der Waals surface area contributed by atoms with Crippen LogP contribution in [0.2, 0.25) is 0 Å². The van der Waals surface area contributed by atoms with Crippen molar-refractivity contribution in [2.24, 2.45) is 0 Å². The van der Waals surface area contributed by atoms with Gasteiger partial charge in [-0.25, -0.2) is 0 Å². The van der Waals surface area contributed by atoms with Crippen LogP contribution >= 0.6 is 0 Å². The third-order valence-corrected chi connectivity index (χ3v) is 4.31. The first kappa shape index (κ1) is 15.6. The molecular formula is C23H24. The predicted octanol–water partition coefficient (Wildman–Crippen LogP) is 6.21. The van der Waals surface area contributed by atoms with Gasteiger partial charge in [0.15, 0.2) is 0 Å². The Balaban J connectivity index is 1.72. The highest BCUT2D eigenvalue weighted by Crippen LogP contribution is 2.22. The Morgan fingerprint density at radius 2 is 1.00 bits per heavy atom. The third-order valence-electron chi connectivity index (χ3n) is 4.31. The van der Waals surface area contributed by atoms with Gasteiger partial charge in [0.2, 0.25) is 0 Å². The van der Waals surface area contributed by atoms with E-state index in [1.165, 1.54) is 39.8 Å². The van der Waals surface area contributed by atoms with Crippen LogP contribution in [0.3, 0.4) is 0 Å². The monoisotopic (exact) mass is 300 g/mol. The summed E-state index contributed by atoms with van der Waals surface area (Å²) in [5.74, 6) is 0. The summed E-state index contributed by atoms with van der Waals surface area (Å²) in [6.07, 6.45) is 3.36. The molecule has 0 nitrogen and oxygen atoms in total. The molecule has 0 amide bonds. The largest absolute Gasteiger partial charge is 0.0651 e. The van der Waals surface area contributed by atoms with Gasteiger partial charge in [-0.3, -0.25) is 0 Å². The average molecular weight is 300 g/mol. The second kappa shape index (κ2) is 7.28. The maximum Gasteiger partial charge on any atom is -0.00258 e. The molecule has 3 aromatic rings. The van der Waals surface area contributed by atoms with Crippen molar-refractivity contribution < 1.29 is 0 Å². The molecule has 0 aliphatic carbocycles. The summed E-state index contributed by atoms with van der Waals surface area (Å²) in [5, 5.41) is 0. The van der Waals surface area contributed by atoms with Crippen molar-refractivity contribution in [2.45, 2.75) is 33.1 Å². The minimum atomic E-state index is 0.996. The zero-order chi connectivity index (χ0) is 16.1. The normalized spacial score (nSPS) is 10.7.